The normalized spacial score (nSPS) is 15.9. The summed E-state index contributed by atoms with van der Waals surface area (Å²) in [5, 5.41) is 11.8. The molecule has 6 nitrogen and oxygen atoms in total. The lowest BCUT2D eigenvalue weighted by Gasteiger charge is -2.15. The average Bonchev–Trinajstić information content (AvgIpc) is 2.13. The van der Waals surface area contributed by atoms with Gasteiger partial charge in [-0.15, -0.1) is 0 Å². The second kappa shape index (κ2) is 6.04. The van der Waals surface area contributed by atoms with E-state index in [9.17, 15) is 13.2 Å². The number of hydrogen-bond acceptors (Lipinski definition) is 5. The largest absolute Gasteiger partial charge is 0.382 e. The Labute approximate surface area is 89.8 Å². The van der Waals surface area contributed by atoms with Gasteiger partial charge in [0.05, 0.1) is 5.75 Å². The van der Waals surface area contributed by atoms with Crippen molar-refractivity contribution < 1.29 is 18.3 Å². The van der Waals surface area contributed by atoms with Crippen LogP contribution in [0.4, 0.5) is 0 Å². The lowest BCUT2D eigenvalue weighted by atomic mass is 10.3. The fraction of sp³-hybridized carbons (Fsp3) is 0.875. The predicted octanol–water partition coefficient (Wildman–Crippen LogP) is -1.75. The number of carbonyl (C=O) groups excluding carboxylic acids is 1. The van der Waals surface area contributed by atoms with Gasteiger partial charge in [-0.05, 0) is 6.92 Å². The van der Waals surface area contributed by atoms with Gasteiger partial charge in [-0.25, -0.2) is 8.42 Å². The van der Waals surface area contributed by atoms with Crippen LogP contribution >= 0.6 is 0 Å². The van der Waals surface area contributed by atoms with Crippen LogP contribution in [-0.4, -0.2) is 49.6 Å². The van der Waals surface area contributed by atoms with E-state index in [1.54, 1.807) is 13.8 Å². The molecular formula is C8H18N2O4S. The molecule has 1 amide bonds. The highest BCUT2D eigenvalue weighted by atomic mass is 32.2. The van der Waals surface area contributed by atoms with Crippen molar-refractivity contribution in [2.75, 3.05) is 18.1 Å². The van der Waals surface area contributed by atoms with E-state index in [1.807, 2.05) is 0 Å². The second-order valence-corrected chi connectivity index (χ2v) is 5.82. The van der Waals surface area contributed by atoms with Crippen LogP contribution in [0.1, 0.15) is 13.8 Å². The van der Waals surface area contributed by atoms with Crippen LogP contribution in [0.2, 0.25) is 0 Å². The molecule has 2 unspecified atom stereocenters. The summed E-state index contributed by atoms with van der Waals surface area (Å²) in [6.45, 7) is 3.21. The molecule has 0 aromatic carbocycles. The molecule has 0 aromatic heterocycles. The van der Waals surface area contributed by atoms with E-state index in [4.69, 9.17) is 10.8 Å². The van der Waals surface area contributed by atoms with E-state index in [-0.39, 0.29) is 24.1 Å². The highest BCUT2D eigenvalue weighted by Crippen LogP contribution is 1.94. The van der Waals surface area contributed by atoms with Crippen molar-refractivity contribution in [2.45, 2.75) is 26.0 Å². The minimum atomic E-state index is -3.05. The second-order valence-electron chi connectivity index (χ2n) is 3.43. The molecule has 0 saturated carbocycles. The van der Waals surface area contributed by atoms with Crippen molar-refractivity contribution >= 4 is 15.7 Å². The molecule has 4 N–H and O–H groups in total. The predicted molar refractivity (Wildman–Crippen MR) is 57.0 cm³/mol. The zero-order chi connectivity index (χ0) is 12.1. The van der Waals surface area contributed by atoms with Gasteiger partial charge in [-0.2, -0.15) is 0 Å². The van der Waals surface area contributed by atoms with Crippen LogP contribution in [-0.2, 0) is 14.6 Å². The fourth-order valence-electron chi connectivity index (χ4n) is 0.971. The van der Waals surface area contributed by atoms with Crippen molar-refractivity contribution in [3.63, 3.8) is 0 Å². The first-order valence-electron chi connectivity index (χ1n) is 4.69. The maximum atomic E-state index is 11.2. The average molecular weight is 238 g/mol. The van der Waals surface area contributed by atoms with Crippen LogP contribution < -0.4 is 11.1 Å². The number of rotatable bonds is 7. The Bertz CT molecular complexity index is 302. The SMILES string of the molecule is CCS(=O)(=O)CC(C)NCC(O)C(N)=O. The molecule has 0 fully saturated rings. The van der Waals surface area contributed by atoms with Crippen molar-refractivity contribution in [2.24, 2.45) is 5.73 Å². The molecule has 0 aliphatic heterocycles. The summed E-state index contributed by atoms with van der Waals surface area (Å²) >= 11 is 0. The Balaban J connectivity index is 3.96. The molecule has 7 heteroatoms. The molecule has 2 atom stereocenters. The quantitative estimate of drug-likeness (QED) is 0.487. The van der Waals surface area contributed by atoms with Gasteiger partial charge in [-0.3, -0.25) is 4.79 Å². The van der Waals surface area contributed by atoms with Gasteiger partial charge in [0, 0.05) is 18.3 Å². The number of aliphatic hydroxyl groups is 1. The molecule has 90 valence electrons. The van der Waals surface area contributed by atoms with E-state index < -0.39 is 21.8 Å². The number of hydrogen-bond donors (Lipinski definition) is 3. The highest BCUT2D eigenvalue weighted by molar-refractivity contribution is 7.91. The first-order valence-corrected chi connectivity index (χ1v) is 6.51. The number of nitrogens with one attached hydrogen (secondary N) is 1. The lowest BCUT2D eigenvalue weighted by Crippen LogP contribution is -2.43. The Kier molecular flexibility index (Phi) is 5.77. The van der Waals surface area contributed by atoms with Gasteiger partial charge >= 0.3 is 0 Å². The summed E-state index contributed by atoms with van der Waals surface area (Å²) in [5.41, 5.74) is 4.83. The Morgan fingerprint density at radius 2 is 2.07 bits per heavy atom. The van der Waals surface area contributed by atoms with Crippen molar-refractivity contribution in [3.05, 3.63) is 0 Å². The topological polar surface area (TPSA) is 109 Å². The van der Waals surface area contributed by atoms with E-state index in [2.05, 4.69) is 5.32 Å². The lowest BCUT2D eigenvalue weighted by molar-refractivity contribution is -0.125. The third-order valence-corrected chi connectivity index (χ3v) is 3.82. The van der Waals surface area contributed by atoms with Crippen molar-refractivity contribution in [1.82, 2.24) is 5.32 Å². The number of nitrogens with two attached hydrogens (primary N) is 1. The van der Waals surface area contributed by atoms with E-state index in [0.717, 1.165) is 0 Å². The van der Waals surface area contributed by atoms with Gasteiger partial charge in [0.2, 0.25) is 5.91 Å². The number of aliphatic hydroxyl groups excluding tert-OH is 1. The molecular weight excluding hydrogens is 220 g/mol. The van der Waals surface area contributed by atoms with E-state index in [0.29, 0.717) is 0 Å². The number of primary amides is 1. The van der Waals surface area contributed by atoms with Gasteiger partial charge in [0.15, 0.2) is 9.84 Å². The molecule has 15 heavy (non-hydrogen) atoms. The summed E-state index contributed by atoms with van der Waals surface area (Å²) in [6, 6.07) is -0.316. The van der Waals surface area contributed by atoms with Crippen molar-refractivity contribution in [1.29, 1.82) is 0 Å². The summed E-state index contributed by atoms with van der Waals surface area (Å²) in [4.78, 5) is 10.5. The van der Waals surface area contributed by atoms with Crippen molar-refractivity contribution in [3.8, 4) is 0 Å². The highest BCUT2D eigenvalue weighted by Gasteiger charge is 2.16. The first kappa shape index (κ1) is 14.3. The standard InChI is InChI=1S/C8H18N2O4S/c1-3-15(13,14)5-6(2)10-4-7(11)8(9)12/h6-7,10-11H,3-5H2,1-2H3,(H2,9,12). The smallest absolute Gasteiger partial charge is 0.247 e. The van der Waals surface area contributed by atoms with E-state index in [1.165, 1.54) is 0 Å². The minimum absolute atomic E-state index is 0.0189. The summed E-state index contributed by atoms with van der Waals surface area (Å²) in [6.07, 6.45) is -1.28. The summed E-state index contributed by atoms with van der Waals surface area (Å²) in [7, 11) is -3.05. The molecule has 0 aliphatic rings. The van der Waals surface area contributed by atoms with Gasteiger partial charge in [0.1, 0.15) is 6.10 Å². The van der Waals surface area contributed by atoms with Gasteiger partial charge in [-0.1, -0.05) is 6.92 Å². The number of carbonyl (C=O) groups is 1. The van der Waals surface area contributed by atoms with E-state index >= 15 is 0 Å². The number of amides is 1. The molecule has 0 rings (SSSR count). The van der Waals surface area contributed by atoms with Crippen LogP contribution in [0.3, 0.4) is 0 Å². The first-order chi connectivity index (χ1) is 6.78. The Morgan fingerprint density at radius 3 is 2.47 bits per heavy atom. The third-order valence-electron chi connectivity index (χ3n) is 1.93. The van der Waals surface area contributed by atoms with Gasteiger partial charge in [0.25, 0.3) is 0 Å². The van der Waals surface area contributed by atoms with Crippen LogP contribution in [0, 0.1) is 0 Å². The fourth-order valence-corrected chi connectivity index (χ4v) is 2.09. The zero-order valence-electron chi connectivity index (χ0n) is 8.93. The molecule has 0 saturated heterocycles. The molecule has 0 aliphatic carbocycles. The molecule has 0 spiro atoms. The zero-order valence-corrected chi connectivity index (χ0v) is 9.75. The molecule has 0 heterocycles. The van der Waals surface area contributed by atoms with Gasteiger partial charge < -0.3 is 16.2 Å². The molecule has 0 aromatic rings. The number of sulfone groups is 1. The molecule has 0 radical (unpaired) electrons. The summed E-state index contributed by atoms with van der Waals surface area (Å²) < 4.78 is 22.4. The Hall–Kier alpha value is -0.660. The monoisotopic (exact) mass is 238 g/mol. The van der Waals surface area contributed by atoms with Crippen LogP contribution in [0.25, 0.3) is 0 Å². The van der Waals surface area contributed by atoms with Crippen LogP contribution in [0.5, 0.6) is 0 Å². The maximum absolute atomic E-state index is 11.2. The Morgan fingerprint density at radius 1 is 1.53 bits per heavy atom. The van der Waals surface area contributed by atoms with Crippen LogP contribution in [0.15, 0.2) is 0 Å². The molecule has 0 bridgehead atoms. The third kappa shape index (κ3) is 6.43. The maximum Gasteiger partial charge on any atom is 0.247 e. The minimum Gasteiger partial charge on any atom is -0.382 e. The summed E-state index contributed by atoms with van der Waals surface area (Å²) in [5.74, 6) is -0.764.